The van der Waals surface area contributed by atoms with Crippen LogP contribution in [0.5, 0.6) is 0 Å². The molecule has 0 amide bonds. The fourth-order valence-electron chi connectivity index (χ4n) is 4.75. The summed E-state index contributed by atoms with van der Waals surface area (Å²) in [6.45, 7) is 2.23. The molecule has 0 N–H and O–H groups in total. The van der Waals surface area contributed by atoms with Gasteiger partial charge in [-0.05, 0) is 19.3 Å². The maximum absolute atomic E-state index is 12.9. The monoisotopic (exact) mass is 409 g/mol. The topological polar surface area (TPSA) is 45.2 Å². The predicted molar refractivity (Wildman–Crippen MR) is 100 cm³/mol. The molecule has 4 fully saturated rings. The zero-order valence-corrected chi connectivity index (χ0v) is 16.2. The number of thiazole rings is 1. The Labute approximate surface area is 165 Å². The lowest BCUT2D eigenvalue weighted by Gasteiger charge is -2.56. The standard InChI is InChI=1S/C19H22F3N5S/c20-19(21,22)16-6-17(24-11-23-16)26-8-14-5-15(9-26)27(14)7-13-10-28-18(25-13)12-3-1-2-4-12/h6,10-12,14-15H,1-5,7-9H2. The van der Waals surface area contributed by atoms with Crippen molar-refractivity contribution in [1.82, 2.24) is 19.9 Å². The van der Waals surface area contributed by atoms with Crippen LogP contribution in [0.3, 0.4) is 0 Å². The van der Waals surface area contributed by atoms with E-state index in [2.05, 4.69) is 20.2 Å². The van der Waals surface area contributed by atoms with Crippen LogP contribution in [0, 0.1) is 0 Å². The molecule has 1 aliphatic carbocycles. The van der Waals surface area contributed by atoms with Gasteiger partial charge in [-0.1, -0.05) is 12.8 Å². The molecule has 5 heterocycles. The lowest BCUT2D eigenvalue weighted by atomic mass is 9.87. The van der Waals surface area contributed by atoms with Gasteiger partial charge in [0.15, 0.2) is 0 Å². The summed E-state index contributed by atoms with van der Waals surface area (Å²) in [5.74, 6) is 1.01. The van der Waals surface area contributed by atoms with Gasteiger partial charge < -0.3 is 4.90 Å². The third kappa shape index (κ3) is 3.39. The third-order valence-electron chi connectivity index (χ3n) is 6.23. The summed E-state index contributed by atoms with van der Waals surface area (Å²) < 4.78 is 38.7. The Hall–Kier alpha value is -1.74. The van der Waals surface area contributed by atoms with Gasteiger partial charge in [-0.3, -0.25) is 4.90 Å². The van der Waals surface area contributed by atoms with E-state index in [1.54, 1.807) is 11.3 Å². The summed E-state index contributed by atoms with van der Waals surface area (Å²) in [5.41, 5.74) is 0.256. The van der Waals surface area contributed by atoms with Crippen LogP contribution in [0.25, 0.3) is 0 Å². The average Bonchev–Trinajstić information content (AvgIpc) is 3.37. The second kappa shape index (κ2) is 6.95. The molecule has 28 heavy (non-hydrogen) atoms. The SMILES string of the molecule is FC(F)(F)c1cc(N2CC3CC(C2)N3Cc2csc(C3CCCC3)n2)ncn1. The van der Waals surface area contributed by atoms with Gasteiger partial charge in [-0.25, -0.2) is 15.0 Å². The molecule has 150 valence electrons. The molecule has 6 rings (SSSR count). The fourth-order valence-corrected chi connectivity index (χ4v) is 5.73. The Morgan fingerprint density at radius 2 is 1.86 bits per heavy atom. The van der Waals surface area contributed by atoms with Crippen LogP contribution >= 0.6 is 11.3 Å². The van der Waals surface area contributed by atoms with E-state index in [9.17, 15) is 13.2 Å². The number of anilines is 1. The van der Waals surface area contributed by atoms with Crippen molar-refractivity contribution >= 4 is 17.2 Å². The third-order valence-corrected chi connectivity index (χ3v) is 7.29. The highest BCUT2D eigenvalue weighted by molar-refractivity contribution is 7.09. The van der Waals surface area contributed by atoms with Crippen molar-refractivity contribution < 1.29 is 13.2 Å². The number of hydrogen-bond acceptors (Lipinski definition) is 6. The molecule has 0 radical (unpaired) electrons. The Kier molecular flexibility index (Phi) is 4.54. The van der Waals surface area contributed by atoms with E-state index in [-0.39, 0.29) is 0 Å². The minimum atomic E-state index is -4.44. The minimum absolute atomic E-state index is 0.347. The number of piperidine rings is 1. The first-order valence-corrected chi connectivity index (χ1v) is 10.7. The zero-order chi connectivity index (χ0) is 19.3. The van der Waals surface area contributed by atoms with Gasteiger partial charge >= 0.3 is 6.18 Å². The Morgan fingerprint density at radius 3 is 2.57 bits per heavy atom. The molecule has 2 atom stereocenters. The van der Waals surface area contributed by atoms with E-state index >= 15 is 0 Å². The van der Waals surface area contributed by atoms with Crippen molar-refractivity contribution in [2.75, 3.05) is 18.0 Å². The average molecular weight is 409 g/mol. The Bertz CT molecular complexity index is 836. The van der Waals surface area contributed by atoms with Crippen LogP contribution in [0.2, 0.25) is 0 Å². The van der Waals surface area contributed by atoms with Crippen molar-refractivity contribution in [1.29, 1.82) is 0 Å². The molecule has 9 heteroatoms. The van der Waals surface area contributed by atoms with E-state index < -0.39 is 11.9 Å². The van der Waals surface area contributed by atoms with Crippen LogP contribution in [-0.4, -0.2) is 45.0 Å². The summed E-state index contributed by atoms with van der Waals surface area (Å²) >= 11 is 1.78. The zero-order valence-electron chi connectivity index (χ0n) is 15.4. The number of fused-ring (bicyclic) bond motifs is 2. The van der Waals surface area contributed by atoms with Crippen molar-refractivity contribution in [3.63, 3.8) is 0 Å². The number of hydrogen-bond donors (Lipinski definition) is 0. The van der Waals surface area contributed by atoms with Crippen molar-refractivity contribution in [2.45, 2.75) is 62.8 Å². The van der Waals surface area contributed by atoms with Gasteiger partial charge in [0.25, 0.3) is 0 Å². The fraction of sp³-hybridized carbons (Fsp3) is 0.632. The Morgan fingerprint density at radius 1 is 1.11 bits per heavy atom. The molecule has 0 spiro atoms. The largest absolute Gasteiger partial charge is 0.433 e. The first-order valence-electron chi connectivity index (χ1n) is 9.81. The van der Waals surface area contributed by atoms with Crippen LogP contribution < -0.4 is 4.90 Å². The highest BCUT2D eigenvalue weighted by Crippen LogP contribution is 2.38. The summed E-state index contributed by atoms with van der Waals surface area (Å²) in [5, 5.41) is 3.46. The molecule has 3 saturated heterocycles. The summed E-state index contributed by atoms with van der Waals surface area (Å²) in [6.07, 6.45) is 2.80. The first-order chi connectivity index (χ1) is 13.5. The van der Waals surface area contributed by atoms with Crippen LogP contribution in [0.15, 0.2) is 17.8 Å². The Balaban J connectivity index is 1.23. The van der Waals surface area contributed by atoms with Gasteiger partial charge in [-0.15, -0.1) is 11.3 Å². The second-order valence-electron chi connectivity index (χ2n) is 8.04. The number of piperazine rings is 1. The van der Waals surface area contributed by atoms with Gasteiger partial charge in [0.05, 0.1) is 10.7 Å². The molecule has 2 bridgehead atoms. The molecular weight excluding hydrogens is 387 g/mol. The summed E-state index contributed by atoms with van der Waals surface area (Å²) in [6, 6.07) is 1.75. The van der Waals surface area contributed by atoms with Crippen molar-refractivity contribution in [2.24, 2.45) is 0 Å². The van der Waals surface area contributed by atoms with E-state index in [1.807, 2.05) is 4.90 Å². The number of nitrogens with zero attached hydrogens (tertiary/aromatic N) is 5. The lowest BCUT2D eigenvalue weighted by Crippen LogP contribution is -2.68. The molecular formula is C19H22F3N5S. The van der Waals surface area contributed by atoms with E-state index in [1.165, 1.54) is 30.7 Å². The smallest absolute Gasteiger partial charge is 0.353 e. The van der Waals surface area contributed by atoms with Crippen LogP contribution in [0.1, 0.15) is 54.4 Å². The maximum Gasteiger partial charge on any atom is 0.433 e. The highest BCUT2D eigenvalue weighted by Gasteiger charge is 2.45. The van der Waals surface area contributed by atoms with E-state index in [0.717, 1.165) is 31.1 Å². The number of alkyl halides is 3. The quantitative estimate of drug-likeness (QED) is 0.762. The molecule has 1 saturated carbocycles. The lowest BCUT2D eigenvalue weighted by molar-refractivity contribution is -0.141. The molecule has 3 aliphatic heterocycles. The van der Waals surface area contributed by atoms with Gasteiger partial charge in [0.2, 0.25) is 0 Å². The molecule has 2 aromatic heterocycles. The van der Waals surface area contributed by atoms with E-state index in [4.69, 9.17) is 4.98 Å². The van der Waals surface area contributed by atoms with Crippen LogP contribution in [-0.2, 0) is 12.7 Å². The highest BCUT2D eigenvalue weighted by atomic mass is 32.1. The van der Waals surface area contributed by atoms with E-state index in [0.29, 0.717) is 36.9 Å². The summed E-state index contributed by atoms with van der Waals surface area (Å²) in [7, 11) is 0. The van der Waals surface area contributed by atoms with Crippen molar-refractivity contribution in [3.8, 4) is 0 Å². The van der Waals surface area contributed by atoms with Crippen molar-refractivity contribution in [3.05, 3.63) is 34.2 Å². The predicted octanol–water partition coefficient (Wildman–Crippen LogP) is 4.07. The molecule has 2 aromatic rings. The number of halogens is 3. The minimum Gasteiger partial charge on any atom is -0.353 e. The summed E-state index contributed by atoms with van der Waals surface area (Å²) in [4.78, 5) is 16.7. The number of aromatic nitrogens is 3. The first kappa shape index (κ1) is 18.3. The van der Waals surface area contributed by atoms with Crippen LogP contribution in [0.4, 0.5) is 19.0 Å². The van der Waals surface area contributed by atoms with Gasteiger partial charge in [0, 0.05) is 49.1 Å². The molecule has 2 unspecified atom stereocenters. The van der Waals surface area contributed by atoms with Gasteiger partial charge in [-0.2, -0.15) is 13.2 Å². The van der Waals surface area contributed by atoms with Gasteiger partial charge in [0.1, 0.15) is 17.8 Å². The molecule has 0 aromatic carbocycles. The molecule has 5 nitrogen and oxygen atoms in total. The normalized spacial score (nSPS) is 25.9. The maximum atomic E-state index is 12.9. The number of rotatable bonds is 4. The second-order valence-corrected chi connectivity index (χ2v) is 8.93. The molecule has 4 aliphatic rings.